The number of hydrogen-bond donors (Lipinski definition) is 0. The zero-order chi connectivity index (χ0) is 19.4. The van der Waals surface area contributed by atoms with Crippen LogP contribution < -0.4 is 4.74 Å². The number of carbonyl (C=O) groups is 2. The lowest BCUT2D eigenvalue weighted by Crippen LogP contribution is -2.11. The van der Waals surface area contributed by atoms with Gasteiger partial charge in [-0.25, -0.2) is 0 Å². The normalized spacial score (nSPS) is 10.6. The molecule has 0 spiro atoms. The van der Waals surface area contributed by atoms with Gasteiger partial charge in [0.2, 0.25) is 0 Å². The van der Waals surface area contributed by atoms with E-state index in [-0.39, 0.29) is 39.6 Å². The molecule has 0 radical (unpaired) electrons. The van der Waals surface area contributed by atoms with E-state index in [0.29, 0.717) is 13.0 Å². The Hall–Kier alpha value is -0.970. The van der Waals surface area contributed by atoms with E-state index in [4.69, 9.17) is 44.3 Å². The third-order valence-corrected chi connectivity index (χ3v) is 4.74. The smallest absolute Gasteiger partial charge is 0.311 e. The molecular weight excluding hydrogens is 399 g/mol. The van der Waals surface area contributed by atoms with Gasteiger partial charge in [-0.3, -0.25) is 9.59 Å². The summed E-state index contributed by atoms with van der Waals surface area (Å²) < 4.78 is 10.3. The van der Waals surface area contributed by atoms with Crippen molar-refractivity contribution in [2.75, 3.05) is 6.61 Å². The molecule has 0 N–H and O–H groups in total. The molecule has 1 aromatic carbocycles. The van der Waals surface area contributed by atoms with E-state index in [1.807, 2.05) is 0 Å². The van der Waals surface area contributed by atoms with Crippen molar-refractivity contribution in [2.45, 2.75) is 64.7 Å². The molecule has 0 bridgehead atoms. The molecule has 0 aliphatic rings. The Kier molecular flexibility index (Phi) is 11.7. The highest BCUT2D eigenvalue weighted by atomic mass is 35.5. The molecule has 0 aliphatic heterocycles. The first kappa shape index (κ1) is 23.1. The van der Waals surface area contributed by atoms with E-state index in [2.05, 4.69) is 6.92 Å². The summed E-state index contributed by atoms with van der Waals surface area (Å²) in [6, 6.07) is 2.80. The molecule has 0 unspecified atom stereocenters. The highest BCUT2D eigenvalue weighted by Crippen LogP contribution is 2.34. The SMILES string of the molecule is CCCCCCCCOC(=O)CCCC(=O)Oc1cc(Cl)c(Cl)cc1Cl. The molecule has 0 saturated heterocycles. The van der Waals surface area contributed by atoms with Crippen LogP contribution in [-0.4, -0.2) is 18.5 Å². The van der Waals surface area contributed by atoms with Crippen molar-refractivity contribution in [3.8, 4) is 5.75 Å². The van der Waals surface area contributed by atoms with Gasteiger partial charge in [-0.2, -0.15) is 0 Å². The summed E-state index contributed by atoms with van der Waals surface area (Å²) in [4.78, 5) is 23.4. The monoisotopic (exact) mass is 422 g/mol. The van der Waals surface area contributed by atoms with Crippen LogP contribution in [0.2, 0.25) is 15.1 Å². The largest absolute Gasteiger partial charge is 0.466 e. The van der Waals surface area contributed by atoms with Gasteiger partial charge in [0.1, 0.15) is 0 Å². The Labute approximate surface area is 170 Å². The number of halogens is 3. The molecule has 0 heterocycles. The van der Waals surface area contributed by atoms with Crippen molar-refractivity contribution in [3.05, 3.63) is 27.2 Å². The van der Waals surface area contributed by atoms with Crippen LogP contribution in [0.15, 0.2) is 12.1 Å². The molecule has 0 saturated carbocycles. The molecule has 26 heavy (non-hydrogen) atoms. The second kappa shape index (κ2) is 13.2. The summed E-state index contributed by atoms with van der Waals surface area (Å²) in [7, 11) is 0. The van der Waals surface area contributed by atoms with Crippen LogP contribution in [0, 0.1) is 0 Å². The first-order valence-electron chi connectivity index (χ1n) is 8.95. The summed E-state index contributed by atoms with van der Waals surface area (Å²) in [6.07, 6.45) is 7.45. The molecule has 1 aromatic rings. The van der Waals surface area contributed by atoms with Crippen LogP contribution in [0.3, 0.4) is 0 Å². The van der Waals surface area contributed by atoms with Gasteiger partial charge < -0.3 is 9.47 Å². The number of hydrogen-bond acceptors (Lipinski definition) is 4. The molecule has 4 nitrogen and oxygen atoms in total. The van der Waals surface area contributed by atoms with Gasteiger partial charge in [0, 0.05) is 18.9 Å². The molecule has 0 aliphatic carbocycles. The van der Waals surface area contributed by atoms with Crippen LogP contribution in [0.5, 0.6) is 5.75 Å². The third-order valence-electron chi connectivity index (χ3n) is 3.72. The average molecular weight is 424 g/mol. The maximum absolute atomic E-state index is 11.8. The predicted molar refractivity (Wildman–Crippen MR) is 105 cm³/mol. The number of ether oxygens (including phenoxy) is 2. The molecule has 0 atom stereocenters. The average Bonchev–Trinajstić information content (AvgIpc) is 2.59. The number of rotatable bonds is 12. The fraction of sp³-hybridized carbons (Fsp3) is 0.579. The summed E-state index contributed by atoms with van der Waals surface area (Å²) >= 11 is 17.6. The van der Waals surface area contributed by atoms with Crippen molar-refractivity contribution >= 4 is 46.7 Å². The van der Waals surface area contributed by atoms with Crippen LogP contribution in [0.25, 0.3) is 0 Å². The van der Waals surface area contributed by atoms with E-state index >= 15 is 0 Å². The van der Waals surface area contributed by atoms with E-state index < -0.39 is 5.97 Å². The van der Waals surface area contributed by atoms with Crippen LogP contribution in [-0.2, 0) is 14.3 Å². The minimum Gasteiger partial charge on any atom is -0.466 e. The maximum Gasteiger partial charge on any atom is 0.311 e. The lowest BCUT2D eigenvalue weighted by atomic mass is 10.1. The van der Waals surface area contributed by atoms with Crippen LogP contribution in [0.1, 0.15) is 64.7 Å². The second-order valence-electron chi connectivity index (χ2n) is 6.01. The van der Waals surface area contributed by atoms with Gasteiger partial charge in [-0.1, -0.05) is 73.8 Å². The van der Waals surface area contributed by atoms with Crippen molar-refractivity contribution in [2.24, 2.45) is 0 Å². The highest BCUT2D eigenvalue weighted by molar-refractivity contribution is 6.43. The maximum atomic E-state index is 11.8. The Morgan fingerprint density at radius 3 is 2.15 bits per heavy atom. The Bertz CT molecular complexity index is 590. The van der Waals surface area contributed by atoms with Gasteiger partial charge in [-0.15, -0.1) is 0 Å². The lowest BCUT2D eigenvalue weighted by Gasteiger charge is -2.08. The summed E-state index contributed by atoms with van der Waals surface area (Å²) in [6.45, 7) is 2.62. The van der Waals surface area contributed by atoms with Crippen molar-refractivity contribution in [1.82, 2.24) is 0 Å². The zero-order valence-electron chi connectivity index (χ0n) is 15.0. The Morgan fingerprint density at radius 1 is 0.808 bits per heavy atom. The minimum atomic E-state index is -0.492. The quantitative estimate of drug-likeness (QED) is 0.164. The highest BCUT2D eigenvalue weighted by Gasteiger charge is 2.12. The van der Waals surface area contributed by atoms with Crippen LogP contribution in [0.4, 0.5) is 0 Å². The molecule has 0 aromatic heterocycles. The standard InChI is InChI=1S/C19H25Cl3O4/c1-2-3-4-5-6-7-11-25-18(23)9-8-10-19(24)26-17-13-15(21)14(20)12-16(17)22/h12-13H,2-11H2,1H3. The predicted octanol–water partition coefficient (Wildman–Crippen LogP) is 6.63. The fourth-order valence-corrected chi connectivity index (χ4v) is 2.85. The van der Waals surface area contributed by atoms with E-state index in [9.17, 15) is 9.59 Å². The fourth-order valence-electron chi connectivity index (χ4n) is 2.27. The van der Waals surface area contributed by atoms with Crippen LogP contribution >= 0.6 is 34.8 Å². The molecule has 1 rings (SSSR count). The number of benzene rings is 1. The van der Waals surface area contributed by atoms with Gasteiger partial charge in [0.25, 0.3) is 0 Å². The van der Waals surface area contributed by atoms with Gasteiger partial charge >= 0.3 is 11.9 Å². The van der Waals surface area contributed by atoms with E-state index in [1.54, 1.807) is 0 Å². The molecular formula is C19H25Cl3O4. The zero-order valence-corrected chi connectivity index (χ0v) is 17.3. The minimum absolute atomic E-state index is 0.0860. The molecule has 0 amide bonds. The summed E-state index contributed by atoms with van der Waals surface area (Å²) in [5.74, 6) is -0.635. The second-order valence-corrected chi connectivity index (χ2v) is 7.23. The Balaban J connectivity index is 2.16. The van der Waals surface area contributed by atoms with Gasteiger partial charge in [0.15, 0.2) is 5.75 Å². The number of carbonyl (C=O) groups excluding carboxylic acids is 2. The van der Waals surface area contributed by atoms with Crippen molar-refractivity contribution in [3.63, 3.8) is 0 Å². The Morgan fingerprint density at radius 2 is 1.42 bits per heavy atom. The van der Waals surface area contributed by atoms with Crippen molar-refractivity contribution < 1.29 is 19.1 Å². The number of esters is 2. The first-order valence-corrected chi connectivity index (χ1v) is 10.1. The molecule has 7 heteroatoms. The lowest BCUT2D eigenvalue weighted by molar-refractivity contribution is -0.144. The first-order chi connectivity index (χ1) is 12.4. The van der Waals surface area contributed by atoms with Gasteiger partial charge in [0.05, 0.1) is 21.7 Å². The third kappa shape index (κ3) is 9.65. The van der Waals surface area contributed by atoms with E-state index in [0.717, 1.165) is 12.8 Å². The van der Waals surface area contributed by atoms with Gasteiger partial charge in [-0.05, 0) is 18.9 Å². The number of unbranched alkanes of at least 4 members (excludes halogenated alkanes) is 5. The molecule has 146 valence electrons. The van der Waals surface area contributed by atoms with Crippen molar-refractivity contribution in [1.29, 1.82) is 0 Å². The van der Waals surface area contributed by atoms with E-state index in [1.165, 1.54) is 37.8 Å². The topological polar surface area (TPSA) is 52.6 Å². The summed E-state index contributed by atoms with van der Waals surface area (Å²) in [5.41, 5.74) is 0. The molecule has 0 fully saturated rings. The summed E-state index contributed by atoms with van der Waals surface area (Å²) in [5, 5.41) is 0.729.